The topological polar surface area (TPSA) is 59.1 Å². The predicted molar refractivity (Wildman–Crippen MR) is 80.9 cm³/mol. The molecule has 0 aliphatic heterocycles. The van der Waals surface area contributed by atoms with E-state index in [1.54, 1.807) is 6.20 Å². The van der Waals surface area contributed by atoms with Gasteiger partial charge < -0.3 is 10.8 Å². The molecule has 1 aromatic heterocycles. The molecule has 4 atom stereocenters. The molecule has 1 aromatic rings. The summed E-state index contributed by atoms with van der Waals surface area (Å²) in [7, 11) is 0. The molecule has 3 N–H and O–H groups in total. The van der Waals surface area contributed by atoms with Gasteiger partial charge in [0.2, 0.25) is 0 Å². The van der Waals surface area contributed by atoms with Gasteiger partial charge in [0.05, 0.1) is 17.5 Å². The average molecular weight is 264 g/mol. The number of aliphatic hydroxyl groups is 1. The summed E-state index contributed by atoms with van der Waals surface area (Å²) >= 11 is 0. The van der Waals surface area contributed by atoms with E-state index in [-0.39, 0.29) is 7.43 Å². The van der Waals surface area contributed by atoms with Crippen LogP contribution in [-0.2, 0) is 0 Å². The smallest absolute Gasteiger partial charge is 0.0696 e. The molecule has 0 radical (unpaired) electrons. The van der Waals surface area contributed by atoms with E-state index in [2.05, 4.69) is 25.8 Å². The van der Waals surface area contributed by atoms with Crippen LogP contribution >= 0.6 is 0 Å². The van der Waals surface area contributed by atoms with Crippen LogP contribution in [0, 0.1) is 11.8 Å². The first kappa shape index (κ1) is 16.0. The lowest BCUT2D eigenvalue weighted by molar-refractivity contribution is -0.0900. The fraction of sp³-hybridized carbons (Fsp3) is 0.688. The molecule has 1 fully saturated rings. The third-order valence-electron chi connectivity index (χ3n) is 4.88. The van der Waals surface area contributed by atoms with E-state index in [4.69, 9.17) is 5.73 Å². The van der Waals surface area contributed by atoms with Crippen LogP contribution in [0.5, 0.6) is 0 Å². The van der Waals surface area contributed by atoms with Crippen LogP contribution in [-0.4, -0.2) is 15.7 Å². The maximum absolute atomic E-state index is 10.7. The molecule has 0 bridgehead atoms. The normalized spacial score (nSPS) is 34.6. The highest BCUT2D eigenvalue weighted by Crippen LogP contribution is 2.47. The Hall–Kier alpha value is -1.09. The van der Waals surface area contributed by atoms with E-state index in [9.17, 15) is 5.11 Å². The van der Waals surface area contributed by atoms with Gasteiger partial charge in [0.25, 0.3) is 0 Å². The van der Waals surface area contributed by atoms with E-state index < -0.39 is 5.60 Å². The Morgan fingerprint density at radius 1 is 1.37 bits per heavy atom. The van der Waals surface area contributed by atoms with Crippen molar-refractivity contribution >= 4 is 5.69 Å². The minimum absolute atomic E-state index is 0. The molecule has 2 rings (SSSR count). The van der Waals surface area contributed by atoms with Crippen molar-refractivity contribution in [3.05, 3.63) is 24.0 Å². The highest BCUT2D eigenvalue weighted by molar-refractivity contribution is 5.46. The number of anilines is 1. The highest BCUT2D eigenvalue weighted by Gasteiger charge is 2.43. The van der Waals surface area contributed by atoms with Gasteiger partial charge >= 0.3 is 0 Å². The van der Waals surface area contributed by atoms with Gasteiger partial charge in [-0.15, -0.1) is 0 Å². The molecule has 1 heterocycles. The van der Waals surface area contributed by atoms with Gasteiger partial charge in [-0.3, -0.25) is 4.98 Å². The first-order chi connectivity index (χ1) is 8.49. The van der Waals surface area contributed by atoms with Crippen molar-refractivity contribution in [1.29, 1.82) is 0 Å². The zero-order valence-electron chi connectivity index (χ0n) is 11.6. The summed E-state index contributed by atoms with van der Waals surface area (Å²) in [5.74, 6) is 1.07. The van der Waals surface area contributed by atoms with Crippen molar-refractivity contribution in [2.24, 2.45) is 11.8 Å². The monoisotopic (exact) mass is 264 g/mol. The Morgan fingerprint density at radius 2 is 1.95 bits per heavy atom. The Labute approximate surface area is 117 Å². The van der Waals surface area contributed by atoms with Gasteiger partial charge in [0.1, 0.15) is 0 Å². The molecule has 1 aliphatic carbocycles. The first-order valence-electron chi connectivity index (χ1n) is 6.90. The fourth-order valence-corrected chi connectivity index (χ4v) is 3.58. The SMILES string of the molecule is C.CCC1(O)[C@H](C)CC(c2ccncc2N)C[C@@H]1C. The predicted octanol–water partition coefficient (Wildman–Crippen LogP) is 3.59. The van der Waals surface area contributed by atoms with Crippen molar-refractivity contribution in [3.63, 3.8) is 0 Å². The number of hydrogen-bond acceptors (Lipinski definition) is 3. The number of hydrogen-bond donors (Lipinski definition) is 2. The van der Waals surface area contributed by atoms with Gasteiger partial charge in [-0.05, 0) is 48.6 Å². The molecule has 0 saturated heterocycles. The Kier molecular flexibility index (Phi) is 4.97. The molecule has 0 spiro atoms. The van der Waals surface area contributed by atoms with Crippen molar-refractivity contribution in [2.45, 2.75) is 59.0 Å². The van der Waals surface area contributed by atoms with Crippen molar-refractivity contribution in [1.82, 2.24) is 4.98 Å². The second-order valence-corrected chi connectivity index (χ2v) is 5.82. The summed E-state index contributed by atoms with van der Waals surface area (Å²) in [6, 6.07) is 2.02. The highest BCUT2D eigenvalue weighted by atomic mass is 16.3. The molecule has 1 saturated carbocycles. The van der Waals surface area contributed by atoms with Crippen molar-refractivity contribution in [3.8, 4) is 0 Å². The molecule has 108 valence electrons. The number of nitrogen functional groups attached to an aromatic ring is 1. The van der Waals surface area contributed by atoms with E-state index in [0.29, 0.717) is 17.8 Å². The molecule has 0 aromatic carbocycles. The van der Waals surface area contributed by atoms with Gasteiger partial charge in [0.15, 0.2) is 0 Å². The number of nitrogens with zero attached hydrogens (tertiary/aromatic N) is 1. The van der Waals surface area contributed by atoms with Crippen LogP contribution in [0.2, 0.25) is 0 Å². The van der Waals surface area contributed by atoms with Crippen LogP contribution < -0.4 is 5.73 Å². The Balaban J connectivity index is 0.00000180. The van der Waals surface area contributed by atoms with Crippen molar-refractivity contribution < 1.29 is 5.11 Å². The number of rotatable bonds is 2. The summed E-state index contributed by atoms with van der Waals surface area (Å²) in [4.78, 5) is 4.05. The van der Waals surface area contributed by atoms with Crippen LogP contribution in [0.1, 0.15) is 58.9 Å². The minimum Gasteiger partial charge on any atom is -0.397 e. The third kappa shape index (κ3) is 2.76. The second kappa shape index (κ2) is 5.91. The lowest BCUT2D eigenvalue weighted by Crippen LogP contribution is -2.47. The number of aromatic nitrogens is 1. The largest absolute Gasteiger partial charge is 0.397 e. The lowest BCUT2D eigenvalue weighted by Gasteiger charge is -2.46. The quantitative estimate of drug-likeness (QED) is 0.858. The van der Waals surface area contributed by atoms with Gasteiger partial charge in [0, 0.05) is 6.20 Å². The summed E-state index contributed by atoms with van der Waals surface area (Å²) in [5, 5.41) is 10.7. The molecular formula is C16H28N2O. The lowest BCUT2D eigenvalue weighted by atomic mass is 9.63. The molecule has 19 heavy (non-hydrogen) atoms. The summed E-state index contributed by atoms with van der Waals surface area (Å²) in [6.45, 7) is 6.39. The number of pyridine rings is 1. The maximum Gasteiger partial charge on any atom is 0.0696 e. The van der Waals surface area contributed by atoms with Gasteiger partial charge in [-0.25, -0.2) is 0 Å². The van der Waals surface area contributed by atoms with E-state index in [1.807, 2.05) is 12.3 Å². The Morgan fingerprint density at radius 3 is 2.42 bits per heavy atom. The number of nitrogens with two attached hydrogens (primary N) is 1. The molecule has 1 aliphatic rings. The molecule has 3 heteroatoms. The molecule has 3 nitrogen and oxygen atoms in total. The van der Waals surface area contributed by atoms with Crippen molar-refractivity contribution in [2.75, 3.05) is 5.73 Å². The zero-order chi connectivity index (χ0) is 13.3. The molecule has 2 unspecified atom stereocenters. The van der Waals surface area contributed by atoms with E-state index in [0.717, 1.165) is 24.9 Å². The Bertz CT molecular complexity index is 407. The van der Waals surface area contributed by atoms with E-state index in [1.165, 1.54) is 5.56 Å². The molecule has 0 amide bonds. The van der Waals surface area contributed by atoms with Gasteiger partial charge in [-0.1, -0.05) is 28.2 Å². The van der Waals surface area contributed by atoms with Crippen LogP contribution in [0.25, 0.3) is 0 Å². The van der Waals surface area contributed by atoms with Crippen LogP contribution in [0.4, 0.5) is 5.69 Å². The van der Waals surface area contributed by atoms with Crippen LogP contribution in [0.3, 0.4) is 0 Å². The van der Waals surface area contributed by atoms with Crippen LogP contribution in [0.15, 0.2) is 18.5 Å². The first-order valence-corrected chi connectivity index (χ1v) is 6.90. The molecular weight excluding hydrogens is 236 g/mol. The standard InChI is InChI=1S/C15H24N2O.CH4/c1-4-15(18)10(2)7-12(8-11(15)3)13-5-6-17-9-14(13)16;/h5-6,9-12,18H,4,7-8,16H2,1-3H3;1H4/t10-,11+,12?,15?;. The summed E-state index contributed by atoms with van der Waals surface area (Å²) < 4.78 is 0. The maximum atomic E-state index is 10.7. The van der Waals surface area contributed by atoms with E-state index >= 15 is 0 Å². The fourth-order valence-electron chi connectivity index (χ4n) is 3.58. The second-order valence-electron chi connectivity index (χ2n) is 5.82. The average Bonchev–Trinajstić information content (AvgIpc) is 2.36. The third-order valence-corrected chi connectivity index (χ3v) is 4.88. The minimum atomic E-state index is -0.516. The zero-order valence-corrected chi connectivity index (χ0v) is 11.6. The summed E-state index contributed by atoms with van der Waals surface area (Å²) in [5.41, 5.74) is 7.48. The summed E-state index contributed by atoms with van der Waals surface area (Å²) in [6.07, 6.45) is 6.37. The van der Waals surface area contributed by atoms with Gasteiger partial charge in [-0.2, -0.15) is 0 Å².